The average molecular weight is 393 g/mol. The maximum absolute atomic E-state index is 12.4. The monoisotopic (exact) mass is 392 g/mol. The zero-order valence-electron chi connectivity index (χ0n) is 16.5. The molecule has 0 radical (unpaired) electrons. The van der Waals surface area contributed by atoms with Crippen molar-refractivity contribution in [1.82, 2.24) is 29.9 Å². The number of hydrogen-bond donors (Lipinski definition) is 1. The van der Waals surface area contributed by atoms with E-state index in [2.05, 4.69) is 25.5 Å². The summed E-state index contributed by atoms with van der Waals surface area (Å²) >= 11 is 1.36. The molecule has 1 amide bonds. The fourth-order valence-electron chi connectivity index (χ4n) is 3.18. The molecule has 0 aromatic carbocycles. The molecule has 0 bridgehead atoms. The van der Waals surface area contributed by atoms with Gasteiger partial charge in [0.15, 0.2) is 5.16 Å². The van der Waals surface area contributed by atoms with Crippen LogP contribution in [-0.4, -0.2) is 70.5 Å². The Balaban J connectivity index is 1.72. The van der Waals surface area contributed by atoms with Gasteiger partial charge in [0.2, 0.25) is 17.8 Å². The number of aromatic nitrogens is 5. The number of carbonyl (C=O) groups excluding carboxylic acids is 1. The zero-order chi connectivity index (χ0) is 19.4. The van der Waals surface area contributed by atoms with Gasteiger partial charge in [-0.25, -0.2) is 4.40 Å². The SMILES string of the molecule is CN(C)c1nc(N(C)C)n2c(SCC(=O)NC3CCCCCC3)nnc2n1. The third-order valence-corrected chi connectivity index (χ3v) is 5.50. The van der Waals surface area contributed by atoms with Crippen molar-refractivity contribution in [2.45, 2.75) is 49.7 Å². The normalized spacial score (nSPS) is 15.6. The summed E-state index contributed by atoms with van der Waals surface area (Å²) in [6.45, 7) is 0. The van der Waals surface area contributed by atoms with Crippen molar-refractivity contribution in [3.63, 3.8) is 0 Å². The van der Waals surface area contributed by atoms with E-state index in [4.69, 9.17) is 0 Å². The van der Waals surface area contributed by atoms with Crippen LogP contribution in [0.4, 0.5) is 11.9 Å². The van der Waals surface area contributed by atoms with E-state index >= 15 is 0 Å². The van der Waals surface area contributed by atoms with Gasteiger partial charge in [0.25, 0.3) is 5.78 Å². The summed E-state index contributed by atoms with van der Waals surface area (Å²) in [5.41, 5.74) is 0. The number of rotatable bonds is 6. The molecule has 3 rings (SSSR count). The van der Waals surface area contributed by atoms with E-state index in [1.807, 2.05) is 38.0 Å². The Morgan fingerprint density at radius 1 is 1.07 bits per heavy atom. The van der Waals surface area contributed by atoms with E-state index < -0.39 is 0 Å². The highest BCUT2D eigenvalue weighted by molar-refractivity contribution is 7.99. The Morgan fingerprint density at radius 3 is 2.41 bits per heavy atom. The number of nitrogens with zero attached hydrogens (tertiary/aromatic N) is 7. The molecule has 27 heavy (non-hydrogen) atoms. The van der Waals surface area contributed by atoms with Crippen molar-refractivity contribution < 1.29 is 4.79 Å². The van der Waals surface area contributed by atoms with E-state index in [1.165, 1.54) is 37.4 Å². The molecule has 10 heteroatoms. The molecule has 2 aromatic heterocycles. The lowest BCUT2D eigenvalue weighted by molar-refractivity contribution is -0.119. The Kier molecular flexibility index (Phi) is 6.35. The van der Waals surface area contributed by atoms with E-state index in [-0.39, 0.29) is 5.91 Å². The average Bonchev–Trinajstić information content (AvgIpc) is 2.86. The van der Waals surface area contributed by atoms with Crippen molar-refractivity contribution in [2.24, 2.45) is 0 Å². The third-order valence-electron chi connectivity index (χ3n) is 4.57. The van der Waals surface area contributed by atoms with Gasteiger partial charge in [-0.15, -0.1) is 10.2 Å². The van der Waals surface area contributed by atoms with Gasteiger partial charge in [-0.2, -0.15) is 9.97 Å². The first-order chi connectivity index (χ1) is 13.0. The Morgan fingerprint density at radius 2 is 1.78 bits per heavy atom. The molecule has 1 saturated carbocycles. The minimum absolute atomic E-state index is 0.0425. The van der Waals surface area contributed by atoms with Crippen LogP contribution < -0.4 is 15.1 Å². The molecule has 0 unspecified atom stereocenters. The minimum atomic E-state index is 0.0425. The highest BCUT2D eigenvalue weighted by Gasteiger charge is 2.19. The summed E-state index contributed by atoms with van der Waals surface area (Å²) in [4.78, 5) is 25.1. The predicted octanol–water partition coefficient (Wildman–Crippen LogP) is 1.58. The summed E-state index contributed by atoms with van der Waals surface area (Å²) in [5.74, 6) is 2.08. The zero-order valence-corrected chi connectivity index (χ0v) is 17.3. The molecule has 148 valence electrons. The van der Waals surface area contributed by atoms with Gasteiger partial charge in [0.05, 0.1) is 5.75 Å². The first-order valence-electron chi connectivity index (χ1n) is 9.35. The minimum Gasteiger partial charge on any atom is -0.353 e. The van der Waals surface area contributed by atoms with Crippen molar-refractivity contribution >= 4 is 35.3 Å². The van der Waals surface area contributed by atoms with Crippen LogP contribution in [0.5, 0.6) is 0 Å². The number of carbonyl (C=O) groups is 1. The number of amides is 1. The summed E-state index contributed by atoms with van der Waals surface area (Å²) in [6.07, 6.45) is 7.10. The van der Waals surface area contributed by atoms with Crippen molar-refractivity contribution in [1.29, 1.82) is 0 Å². The highest BCUT2D eigenvalue weighted by Crippen LogP contribution is 2.23. The smallest absolute Gasteiger partial charge is 0.261 e. The van der Waals surface area contributed by atoms with Crippen molar-refractivity contribution in [3.05, 3.63) is 0 Å². The first kappa shape index (κ1) is 19.7. The lowest BCUT2D eigenvalue weighted by Gasteiger charge is -2.17. The van der Waals surface area contributed by atoms with Gasteiger partial charge in [-0.1, -0.05) is 37.4 Å². The molecule has 2 aromatic rings. The van der Waals surface area contributed by atoms with E-state index in [9.17, 15) is 4.79 Å². The highest BCUT2D eigenvalue weighted by atomic mass is 32.2. The number of hydrogen-bond acceptors (Lipinski definition) is 8. The number of nitrogens with one attached hydrogen (secondary N) is 1. The van der Waals surface area contributed by atoms with Gasteiger partial charge in [0, 0.05) is 34.2 Å². The second-order valence-electron chi connectivity index (χ2n) is 7.28. The van der Waals surface area contributed by atoms with Gasteiger partial charge >= 0.3 is 0 Å². The predicted molar refractivity (Wildman–Crippen MR) is 108 cm³/mol. The standard InChI is InChI=1S/C17H28N8OS/c1-23(2)14-19-15-21-22-17(25(15)16(20-14)24(3)4)27-11-13(26)18-12-9-7-5-6-8-10-12/h12H,5-11H2,1-4H3,(H,18,26). The second-order valence-corrected chi connectivity index (χ2v) is 8.22. The fraction of sp³-hybridized carbons (Fsp3) is 0.706. The first-order valence-corrected chi connectivity index (χ1v) is 10.3. The van der Waals surface area contributed by atoms with E-state index in [0.717, 1.165) is 12.8 Å². The van der Waals surface area contributed by atoms with Gasteiger partial charge in [0.1, 0.15) is 0 Å². The Labute approximate surface area is 163 Å². The molecule has 0 atom stereocenters. The number of thioether (sulfide) groups is 1. The van der Waals surface area contributed by atoms with E-state index in [0.29, 0.717) is 34.6 Å². The number of anilines is 2. The maximum atomic E-state index is 12.4. The fourth-order valence-corrected chi connectivity index (χ4v) is 3.91. The summed E-state index contributed by atoms with van der Waals surface area (Å²) in [5, 5.41) is 12.2. The van der Waals surface area contributed by atoms with Crippen LogP contribution in [0.15, 0.2) is 5.16 Å². The molecule has 2 heterocycles. The Hall–Kier alpha value is -2.10. The van der Waals surface area contributed by atoms with Crippen molar-refractivity contribution in [2.75, 3.05) is 43.7 Å². The summed E-state index contributed by atoms with van der Waals surface area (Å²) < 4.78 is 1.79. The molecule has 1 aliphatic carbocycles. The van der Waals surface area contributed by atoms with Gasteiger partial charge in [-0.3, -0.25) is 4.79 Å². The molecular formula is C17H28N8OS. The van der Waals surface area contributed by atoms with Crippen LogP contribution in [0.25, 0.3) is 5.78 Å². The van der Waals surface area contributed by atoms with E-state index in [1.54, 1.807) is 4.40 Å². The lowest BCUT2D eigenvalue weighted by atomic mass is 10.1. The molecule has 9 nitrogen and oxygen atoms in total. The largest absolute Gasteiger partial charge is 0.353 e. The molecule has 1 N–H and O–H groups in total. The molecular weight excluding hydrogens is 364 g/mol. The topological polar surface area (TPSA) is 91.6 Å². The molecule has 0 spiro atoms. The van der Waals surface area contributed by atoms with Gasteiger partial charge < -0.3 is 15.1 Å². The van der Waals surface area contributed by atoms with Crippen LogP contribution in [0.2, 0.25) is 0 Å². The summed E-state index contributed by atoms with van der Waals surface area (Å²) in [7, 11) is 7.59. The molecule has 1 aliphatic rings. The van der Waals surface area contributed by atoms with Gasteiger partial charge in [-0.05, 0) is 12.8 Å². The Bertz CT molecular complexity index is 783. The molecule has 1 fully saturated rings. The number of fused-ring (bicyclic) bond motifs is 1. The third kappa shape index (κ3) is 4.79. The molecule has 0 aliphatic heterocycles. The molecule has 0 saturated heterocycles. The van der Waals surface area contributed by atoms with Crippen LogP contribution >= 0.6 is 11.8 Å². The van der Waals surface area contributed by atoms with Crippen LogP contribution in [0, 0.1) is 0 Å². The quantitative estimate of drug-likeness (QED) is 0.585. The second kappa shape index (κ2) is 8.73. The van der Waals surface area contributed by atoms with Crippen LogP contribution in [-0.2, 0) is 4.79 Å². The summed E-state index contributed by atoms with van der Waals surface area (Å²) in [6, 6.07) is 0.305. The maximum Gasteiger partial charge on any atom is 0.261 e. The van der Waals surface area contributed by atoms with Crippen LogP contribution in [0.1, 0.15) is 38.5 Å². The van der Waals surface area contributed by atoms with Crippen molar-refractivity contribution in [3.8, 4) is 0 Å². The lowest BCUT2D eigenvalue weighted by Crippen LogP contribution is -2.35. The van der Waals surface area contributed by atoms with Crippen LogP contribution in [0.3, 0.4) is 0 Å².